The van der Waals surface area contributed by atoms with E-state index in [1.165, 1.54) is 24.4 Å². The topological polar surface area (TPSA) is 97.3 Å². The number of aryl methyl sites for hydroxylation is 2. The summed E-state index contributed by atoms with van der Waals surface area (Å²) in [6.45, 7) is 3.33. The van der Waals surface area contributed by atoms with Crippen LogP contribution >= 0.6 is 11.6 Å². The minimum Gasteiger partial charge on any atom is -0.454 e. The molecule has 176 valence electrons. The van der Waals surface area contributed by atoms with Gasteiger partial charge in [-0.1, -0.05) is 35.4 Å². The molecule has 3 aromatic carbocycles. The Labute approximate surface area is 202 Å². The van der Waals surface area contributed by atoms with Crippen molar-refractivity contribution in [3.05, 3.63) is 82.4 Å². The van der Waals surface area contributed by atoms with Crippen LogP contribution in [0.4, 0.5) is 5.69 Å². The molecular weight excluding hydrogens is 478 g/mol. The zero-order valence-electron chi connectivity index (χ0n) is 18.5. The number of hydrogen-bond donors (Lipinski definition) is 1. The lowest BCUT2D eigenvalue weighted by Crippen LogP contribution is -2.39. The second-order valence-corrected chi connectivity index (χ2v) is 9.93. The number of nitrogens with zero attached hydrogens (tertiary/aromatic N) is 2. The summed E-state index contributed by atoms with van der Waals surface area (Å²) in [6, 6.07) is 16.4. The second kappa shape index (κ2) is 9.74. The van der Waals surface area contributed by atoms with Gasteiger partial charge in [0.2, 0.25) is 6.79 Å². The van der Waals surface area contributed by atoms with Crippen LogP contribution < -0.4 is 19.2 Å². The zero-order chi connectivity index (χ0) is 24.3. The summed E-state index contributed by atoms with van der Waals surface area (Å²) in [5.41, 5.74) is 5.03. The number of carbonyl (C=O) groups is 1. The smallest absolute Gasteiger partial charge is 0.264 e. The Balaban J connectivity index is 1.55. The van der Waals surface area contributed by atoms with Crippen molar-refractivity contribution in [1.29, 1.82) is 0 Å². The van der Waals surface area contributed by atoms with Crippen LogP contribution in [0, 0.1) is 13.8 Å². The third-order valence-corrected chi connectivity index (χ3v) is 7.33. The molecule has 1 N–H and O–H groups in total. The first-order chi connectivity index (χ1) is 16.2. The summed E-state index contributed by atoms with van der Waals surface area (Å²) >= 11 is 6.24. The van der Waals surface area contributed by atoms with E-state index < -0.39 is 22.5 Å². The first-order valence-corrected chi connectivity index (χ1v) is 12.1. The number of hydrazone groups is 1. The minimum atomic E-state index is -4.05. The van der Waals surface area contributed by atoms with Crippen molar-refractivity contribution in [2.45, 2.75) is 18.7 Å². The molecule has 0 unspecified atom stereocenters. The van der Waals surface area contributed by atoms with Crippen molar-refractivity contribution in [1.82, 2.24) is 5.43 Å². The van der Waals surface area contributed by atoms with E-state index in [2.05, 4.69) is 10.5 Å². The number of amides is 1. The lowest BCUT2D eigenvalue weighted by molar-refractivity contribution is -0.119. The molecule has 0 radical (unpaired) electrons. The maximum atomic E-state index is 13.4. The predicted octanol–water partition coefficient (Wildman–Crippen LogP) is 4.03. The molecule has 0 aromatic heterocycles. The number of anilines is 1. The Kier molecular flexibility index (Phi) is 6.76. The zero-order valence-corrected chi connectivity index (χ0v) is 20.1. The van der Waals surface area contributed by atoms with Crippen LogP contribution in [0.1, 0.15) is 16.7 Å². The average molecular weight is 500 g/mol. The van der Waals surface area contributed by atoms with E-state index >= 15 is 0 Å². The van der Waals surface area contributed by atoms with Gasteiger partial charge in [-0.15, -0.1) is 0 Å². The molecule has 0 bridgehead atoms. The second-order valence-electron chi connectivity index (χ2n) is 7.66. The molecule has 8 nitrogen and oxygen atoms in total. The molecule has 4 rings (SSSR count). The Bertz CT molecular complexity index is 1360. The molecule has 1 aliphatic rings. The van der Waals surface area contributed by atoms with Gasteiger partial charge < -0.3 is 9.47 Å². The molecule has 34 heavy (non-hydrogen) atoms. The molecule has 0 fully saturated rings. The number of ether oxygens (including phenoxy) is 2. The fourth-order valence-electron chi connectivity index (χ4n) is 3.23. The lowest BCUT2D eigenvalue weighted by atomic mass is 10.2. The summed E-state index contributed by atoms with van der Waals surface area (Å²) in [5.74, 6) is 0.598. The highest BCUT2D eigenvalue weighted by Gasteiger charge is 2.27. The van der Waals surface area contributed by atoms with Crippen molar-refractivity contribution in [2.75, 3.05) is 17.6 Å². The highest BCUT2D eigenvalue weighted by molar-refractivity contribution is 7.92. The van der Waals surface area contributed by atoms with Crippen LogP contribution in [0.3, 0.4) is 0 Å². The van der Waals surface area contributed by atoms with Gasteiger partial charge in [0.25, 0.3) is 15.9 Å². The van der Waals surface area contributed by atoms with E-state index in [9.17, 15) is 13.2 Å². The van der Waals surface area contributed by atoms with Crippen molar-refractivity contribution >= 4 is 39.4 Å². The Morgan fingerprint density at radius 2 is 1.79 bits per heavy atom. The third kappa shape index (κ3) is 5.16. The van der Waals surface area contributed by atoms with E-state index in [1.54, 1.807) is 42.5 Å². The van der Waals surface area contributed by atoms with Crippen LogP contribution in [0.2, 0.25) is 5.02 Å². The molecular formula is C24H22ClN3O5S. The number of benzene rings is 3. The molecule has 0 aliphatic carbocycles. The van der Waals surface area contributed by atoms with Gasteiger partial charge in [-0.2, -0.15) is 5.10 Å². The van der Waals surface area contributed by atoms with Crippen LogP contribution in [-0.2, 0) is 14.8 Å². The van der Waals surface area contributed by atoms with Crippen LogP contribution in [0.15, 0.2) is 70.7 Å². The highest BCUT2D eigenvalue weighted by Crippen LogP contribution is 2.32. The van der Waals surface area contributed by atoms with Gasteiger partial charge in [0.05, 0.1) is 16.8 Å². The van der Waals surface area contributed by atoms with Crippen molar-refractivity contribution < 1.29 is 22.7 Å². The Morgan fingerprint density at radius 1 is 1.06 bits per heavy atom. The van der Waals surface area contributed by atoms with Gasteiger partial charge in [0.1, 0.15) is 6.54 Å². The Hall–Kier alpha value is -3.56. The van der Waals surface area contributed by atoms with Gasteiger partial charge >= 0.3 is 0 Å². The van der Waals surface area contributed by atoms with Crippen LogP contribution in [0.25, 0.3) is 0 Å². The van der Waals surface area contributed by atoms with E-state index in [-0.39, 0.29) is 17.4 Å². The molecule has 0 saturated heterocycles. The largest absolute Gasteiger partial charge is 0.454 e. The maximum Gasteiger partial charge on any atom is 0.264 e. The molecule has 1 amide bonds. The monoisotopic (exact) mass is 499 g/mol. The molecule has 0 spiro atoms. The van der Waals surface area contributed by atoms with Gasteiger partial charge in [0, 0.05) is 5.02 Å². The fraction of sp³-hybridized carbons (Fsp3) is 0.167. The number of carbonyl (C=O) groups excluding carboxylic acids is 1. The summed E-state index contributed by atoms with van der Waals surface area (Å²) in [6.07, 6.45) is 1.43. The van der Waals surface area contributed by atoms with E-state index in [0.29, 0.717) is 22.1 Å². The first kappa shape index (κ1) is 23.6. The third-order valence-electron chi connectivity index (χ3n) is 5.14. The average Bonchev–Trinajstić information content (AvgIpc) is 3.27. The number of halogens is 1. The Morgan fingerprint density at radius 3 is 2.53 bits per heavy atom. The molecule has 0 atom stereocenters. The normalized spacial score (nSPS) is 12.7. The summed E-state index contributed by atoms with van der Waals surface area (Å²) in [5, 5.41) is 4.33. The lowest BCUT2D eigenvalue weighted by Gasteiger charge is -2.24. The first-order valence-electron chi connectivity index (χ1n) is 10.3. The molecule has 10 heteroatoms. The molecule has 3 aromatic rings. The summed E-state index contributed by atoms with van der Waals surface area (Å²) in [7, 11) is -4.05. The molecule has 1 heterocycles. The molecule has 0 saturated carbocycles. The van der Waals surface area contributed by atoms with Crippen molar-refractivity contribution in [3.63, 3.8) is 0 Å². The van der Waals surface area contributed by atoms with Crippen LogP contribution in [0.5, 0.6) is 11.5 Å². The number of sulfonamides is 1. The number of fused-ring (bicyclic) bond motifs is 1. The molecule has 1 aliphatic heterocycles. The summed E-state index contributed by atoms with van der Waals surface area (Å²) in [4.78, 5) is 12.7. The van der Waals surface area contributed by atoms with Crippen molar-refractivity contribution in [2.24, 2.45) is 5.10 Å². The fourth-order valence-corrected chi connectivity index (χ4v) is 4.82. The summed E-state index contributed by atoms with van der Waals surface area (Å²) < 4.78 is 38.4. The van der Waals surface area contributed by atoms with Gasteiger partial charge in [-0.25, -0.2) is 13.8 Å². The van der Waals surface area contributed by atoms with E-state index in [0.717, 1.165) is 15.4 Å². The predicted molar refractivity (Wildman–Crippen MR) is 130 cm³/mol. The maximum absolute atomic E-state index is 13.4. The van der Waals surface area contributed by atoms with E-state index in [4.69, 9.17) is 21.1 Å². The van der Waals surface area contributed by atoms with Crippen LogP contribution in [-0.4, -0.2) is 33.9 Å². The van der Waals surface area contributed by atoms with Crippen molar-refractivity contribution in [3.8, 4) is 11.5 Å². The number of nitrogens with one attached hydrogen (secondary N) is 1. The van der Waals surface area contributed by atoms with E-state index in [1.807, 2.05) is 13.8 Å². The van der Waals surface area contributed by atoms with Gasteiger partial charge in [0.15, 0.2) is 11.5 Å². The SMILES string of the molecule is Cc1ccc(S(=O)(=O)N(CC(=O)N/N=C\c2ccc3c(c2)OCO3)c2ccc(C)c(Cl)c2)cc1. The standard InChI is InChI=1S/C24H22ClN3O5S/c1-16-3-8-20(9-4-16)34(30,31)28(19-7-5-17(2)21(25)12-19)14-24(29)27-26-13-18-6-10-22-23(11-18)33-15-32-22/h3-13H,14-15H2,1-2H3,(H,27,29)/b26-13-. The minimum absolute atomic E-state index is 0.0615. The highest BCUT2D eigenvalue weighted by atomic mass is 35.5. The van der Waals surface area contributed by atoms with Gasteiger partial charge in [-0.3, -0.25) is 9.10 Å². The number of rotatable bonds is 7. The van der Waals surface area contributed by atoms with Gasteiger partial charge in [-0.05, 0) is 67.4 Å². The number of hydrogen-bond acceptors (Lipinski definition) is 6. The quantitative estimate of drug-likeness (QED) is 0.391.